The third kappa shape index (κ3) is 2.90. The third-order valence-corrected chi connectivity index (χ3v) is 6.19. The molecule has 20 heavy (non-hydrogen) atoms. The molecule has 1 fully saturated rings. The van der Waals surface area contributed by atoms with Crippen LogP contribution < -0.4 is 5.32 Å². The van der Waals surface area contributed by atoms with Crippen molar-refractivity contribution in [1.82, 2.24) is 9.62 Å². The first-order valence-corrected chi connectivity index (χ1v) is 8.70. The van der Waals surface area contributed by atoms with Gasteiger partial charge >= 0.3 is 0 Å². The van der Waals surface area contributed by atoms with Crippen LogP contribution in [0.5, 0.6) is 0 Å². The highest BCUT2D eigenvalue weighted by molar-refractivity contribution is 7.89. The fourth-order valence-electron chi connectivity index (χ4n) is 2.61. The number of benzene rings is 1. The molecule has 1 N–H and O–H groups in total. The first-order chi connectivity index (χ1) is 9.50. The second-order valence-electron chi connectivity index (χ2n) is 5.43. The normalized spacial score (nSPS) is 18.0. The molecule has 0 amide bonds. The molecule has 0 bridgehead atoms. The zero-order valence-electron chi connectivity index (χ0n) is 12.5. The minimum absolute atomic E-state index is 0.176. The second-order valence-corrected chi connectivity index (χ2v) is 7.43. The second kappa shape index (κ2) is 6.24. The maximum atomic E-state index is 12.6. The maximum absolute atomic E-state index is 12.6. The van der Waals surface area contributed by atoms with Gasteiger partial charge in [0, 0.05) is 19.1 Å². The summed E-state index contributed by atoms with van der Waals surface area (Å²) in [6.07, 6.45) is 4.01. The molecule has 1 saturated carbocycles. The molecule has 0 saturated heterocycles. The van der Waals surface area contributed by atoms with Crippen LogP contribution in [-0.2, 0) is 10.0 Å². The minimum Gasteiger partial charge on any atom is -0.313 e. The number of rotatable bonds is 6. The lowest BCUT2D eigenvalue weighted by molar-refractivity contribution is 0.249. The zero-order valence-corrected chi connectivity index (χ0v) is 13.3. The molecule has 1 aliphatic carbocycles. The Bertz CT molecular complexity index is 549. The Hall–Kier alpha value is -0.910. The Morgan fingerprint density at radius 2 is 2.10 bits per heavy atom. The van der Waals surface area contributed by atoms with Gasteiger partial charge in [0.1, 0.15) is 0 Å². The van der Waals surface area contributed by atoms with E-state index in [1.165, 1.54) is 4.31 Å². The fraction of sp³-hybridized carbons (Fsp3) is 0.600. The summed E-state index contributed by atoms with van der Waals surface area (Å²) in [6.45, 7) is 2.09. The Morgan fingerprint density at radius 3 is 2.60 bits per heavy atom. The highest BCUT2D eigenvalue weighted by Gasteiger charge is 2.31. The van der Waals surface area contributed by atoms with Crippen molar-refractivity contribution in [1.29, 1.82) is 0 Å². The molecule has 1 unspecified atom stereocenters. The van der Waals surface area contributed by atoms with Crippen LogP contribution >= 0.6 is 0 Å². The molecule has 1 atom stereocenters. The smallest absolute Gasteiger partial charge is 0.243 e. The van der Waals surface area contributed by atoms with E-state index in [0.717, 1.165) is 31.2 Å². The maximum Gasteiger partial charge on any atom is 0.243 e. The lowest BCUT2D eigenvalue weighted by atomic mass is 9.94. The SMILES string of the molecule is CCC(NC)c1cccc(S(=O)(=O)N(C)C2CCC2)c1. The van der Waals surface area contributed by atoms with Crippen molar-refractivity contribution in [2.75, 3.05) is 14.1 Å². The van der Waals surface area contributed by atoms with Gasteiger partial charge in [-0.1, -0.05) is 25.5 Å². The minimum atomic E-state index is -3.37. The van der Waals surface area contributed by atoms with E-state index in [9.17, 15) is 8.42 Å². The summed E-state index contributed by atoms with van der Waals surface area (Å²) >= 11 is 0. The Labute approximate surface area is 122 Å². The topological polar surface area (TPSA) is 49.4 Å². The Morgan fingerprint density at radius 1 is 1.40 bits per heavy atom. The Balaban J connectivity index is 2.29. The molecular formula is C15H24N2O2S. The Kier molecular flexibility index (Phi) is 4.83. The van der Waals surface area contributed by atoms with E-state index in [-0.39, 0.29) is 12.1 Å². The summed E-state index contributed by atoms with van der Waals surface area (Å²) in [4.78, 5) is 0.401. The van der Waals surface area contributed by atoms with Gasteiger partial charge in [0.2, 0.25) is 10.0 Å². The fourth-order valence-corrected chi connectivity index (χ4v) is 4.08. The van der Waals surface area contributed by atoms with Crippen molar-refractivity contribution in [2.45, 2.75) is 49.6 Å². The summed E-state index contributed by atoms with van der Waals surface area (Å²) in [7, 11) is 0.228. The molecule has 5 heteroatoms. The highest BCUT2D eigenvalue weighted by atomic mass is 32.2. The number of hydrogen-bond donors (Lipinski definition) is 1. The molecule has 0 aromatic heterocycles. The van der Waals surface area contributed by atoms with Crippen molar-refractivity contribution in [3.8, 4) is 0 Å². The first kappa shape index (κ1) is 15.5. The van der Waals surface area contributed by atoms with Gasteiger partial charge < -0.3 is 5.32 Å². The van der Waals surface area contributed by atoms with E-state index in [2.05, 4.69) is 12.2 Å². The highest BCUT2D eigenvalue weighted by Crippen LogP contribution is 2.29. The van der Waals surface area contributed by atoms with Crippen molar-refractivity contribution >= 4 is 10.0 Å². The lowest BCUT2D eigenvalue weighted by Gasteiger charge is -2.33. The number of nitrogens with zero attached hydrogens (tertiary/aromatic N) is 1. The summed E-state index contributed by atoms with van der Waals surface area (Å²) in [5, 5.41) is 3.21. The molecule has 1 aliphatic rings. The third-order valence-electron chi connectivity index (χ3n) is 4.28. The van der Waals surface area contributed by atoms with E-state index in [4.69, 9.17) is 0 Å². The van der Waals surface area contributed by atoms with Gasteiger partial charge in [-0.3, -0.25) is 0 Å². The van der Waals surface area contributed by atoms with Gasteiger partial charge in [-0.25, -0.2) is 8.42 Å². The number of sulfonamides is 1. The summed E-state index contributed by atoms with van der Waals surface area (Å²) in [6, 6.07) is 7.67. The monoisotopic (exact) mass is 296 g/mol. The van der Waals surface area contributed by atoms with Crippen LogP contribution in [0.1, 0.15) is 44.2 Å². The van der Waals surface area contributed by atoms with Crippen LogP contribution in [0.15, 0.2) is 29.2 Å². The van der Waals surface area contributed by atoms with Gasteiger partial charge in [-0.05, 0) is 44.0 Å². The molecule has 4 nitrogen and oxygen atoms in total. The van der Waals surface area contributed by atoms with Crippen LogP contribution in [0.3, 0.4) is 0 Å². The molecule has 0 aliphatic heterocycles. The lowest BCUT2D eigenvalue weighted by Crippen LogP contribution is -2.41. The quantitative estimate of drug-likeness (QED) is 0.877. The van der Waals surface area contributed by atoms with E-state index < -0.39 is 10.0 Å². The van der Waals surface area contributed by atoms with E-state index in [1.54, 1.807) is 19.2 Å². The molecule has 1 aromatic carbocycles. The summed E-state index contributed by atoms with van der Waals surface area (Å²) in [5.41, 5.74) is 1.03. The van der Waals surface area contributed by atoms with E-state index in [0.29, 0.717) is 4.90 Å². The number of hydrogen-bond acceptors (Lipinski definition) is 3. The van der Waals surface area contributed by atoms with Crippen LogP contribution in [0.25, 0.3) is 0 Å². The molecule has 0 heterocycles. The standard InChI is InChI=1S/C15H24N2O2S/c1-4-15(16-2)12-7-5-10-14(11-12)20(18,19)17(3)13-8-6-9-13/h5,7,10-11,13,15-16H,4,6,8-9H2,1-3H3. The van der Waals surface area contributed by atoms with Crippen molar-refractivity contribution < 1.29 is 8.42 Å². The molecule has 2 rings (SSSR count). The molecule has 0 spiro atoms. The average molecular weight is 296 g/mol. The van der Waals surface area contributed by atoms with Gasteiger partial charge in [-0.2, -0.15) is 4.31 Å². The van der Waals surface area contributed by atoms with E-state index >= 15 is 0 Å². The van der Waals surface area contributed by atoms with Crippen LogP contribution in [0, 0.1) is 0 Å². The summed E-state index contributed by atoms with van der Waals surface area (Å²) < 4.78 is 26.8. The average Bonchev–Trinajstić information content (AvgIpc) is 2.38. The van der Waals surface area contributed by atoms with E-state index in [1.807, 2.05) is 19.2 Å². The predicted molar refractivity (Wildman–Crippen MR) is 81.1 cm³/mol. The largest absolute Gasteiger partial charge is 0.313 e. The van der Waals surface area contributed by atoms with Crippen molar-refractivity contribution in [3.63, 3.8) is 0 Å². The zero-order chi connectivity index (χ0) is 14.8. The number of nitrogens with one attached hydrogen (secondary N) is 1. The van der Waals surface area contributed by atoms with Crippen molar-refractivity contribution in [3.05, 3.63) is 29.8 Å². The molecule has 112 valence electrons. The predicted octanol–water partition coefficient (Wildman–Crippen LogP) is 2.53. The molecule has 0 radical (unpaired) electrons. The molecular weight excluding hydrogens is 272 g/mol. The van der Waals surface area contributed by atoms with Gasteiger partial charge in [0.25, 0.3) is 0 Å². The summed E-state index contributed by atoms with van der Waals surface area (Å²) in [5.74, 6) is 0. The van der Waals surface area contributed by atoms with Gasteiger partial charge in [-0.15, -0.1) is 0 Å². The van der Waals surface area contributed by atoms with Crippen LogP contribution in [0.2, 0.25) is 0 Å². The van der Waals surface area contributed by atoms with Gasteiger partial charge in [0.05, 0.1) is 4.90 Å². The van der Waals surface area contributed by atoms with Crippen molar-refractivity contribution in [2.24, 2.45) is 0 Å². The van der Waals surface area contributed by atoms with Crippen LogP contribution in [0.4, 0.5) is 0 Å². The molecule has 1 aromatic rings. The van der Waals surface area contributed by atoms with Gasteiger partial charge in [0.15, 0.2) is 0 Å². The first-order valence-electron chi connectivity index (χ1n) is 7.26. The van der Waals surface area contributed by atoms with Crippen LogP contribution in [-0.4, -0.2) is 32.9 Å².